The number of aryl methyl sites for hydroxylation is 2. The number of piperidine rings is 1. The van der Waals surface area contributed by atoms with Crippen LogP contribution in [0.25, 0.3) is 0 Å². The standard InChI is InChI=1S/C15H21NO6S/c1-9-6-13(22-3)14(7-10(9)2)23(20,21)16-5-4-11(15(18)19)12(17)8-16/h6-7,11-12,17H,4-5,8H2,1-3H3,(H,18,19)/t11-,12+/m0/s1. The van der Waals surface area contributed by atoms with Gasteiger partial charge in [0.25, 0.3) is 0 Å². The highest BCUT2D eigenvalue weighted by Gasteiger charge is 2.39. The van der Waals surface area contributed by atoms with Crippen molar-refractivity contribution in [3.8, 4) is 5.75 Å². The molecule has 0 radical (unpaired) electrons. The molecule has 1 fully saturated rings. The fourth-order valence-electron chi connectivity index (χ4n) is 2.67. The third-order valence-electron chi connectivity index (χ3n) is 4.26. The molecule has 1 aliphatic heterocycles. The highest BCUT2D eigenvalue weighted by atomic mass is 32.2. The molecule has 2 rings (SSSR count). The summed E-state index contributed by atoms with van der Waals surface area (Å²) in [4.78, 5) is 11.1. The summed E-state index contributed by atoms with van der Waals surface area (Å²) in [6.07, 6.45) is -1.16. The number of benzene rings is 1. The van der Waals surface area contributed by atoms with Crippen LogP contribution in [0.2, 0.25) is 0 Å². The van der Waals surface area contributed by atoms with E-state index in [1.807, 2.05) is 6.92 Å². The van der Waals surface area contributed by atoms with E-state index in [9.17, 15) is 18.3 Å². The number of aliphatic carboxylic acids is 1. The smallest absolute Gasteiger partial charge is 0.309 e. The average Bonchev–Trinajstić information content (AvgIpc) is 2.48. The number of sulfonamides is 1. The normalized spacial score (nSPS) is 22.8. The first kappa shape index (κ1) is 17.7. The van der Waals surface area contributed by atoms with Gasteiger partial charge in [0.1, 0.15) is 10.6 Å². The van der Waals surface area contributed by atoms with Crippen LogP contribution < -0.4 is 4.74 Å². The molecule has 7 nitrogen and oxygen atoms in total. The van der Waals surface area contributed by atoms with Crippen LogP contribution in [0, 0.1) is 19.8 Å². The van der Waals surface area contributed by atoms with Crippen molar-refractivity contribution in [3.05, 3.63) is 23.3 Å². The molecular formula is C15H21NO6S. The molecule has 0 aromatic heterocycles. The first-order chi connectivity index (χ1) is 10.7. The van der Waals surface area contributed by atoms with E-state index in [1.54, 1.807) is 19.1 Å². The zero-order chi connectivity index (χ0) is 17.4. The molecule has 0 bridgehead atoms. The van der Waals surface area contributed by atoms with Gasteiger partial charge in [0.15, 0.2) is 0 Å². The lowest BCUT2D eigenvalue weighted by molar-refractivity contribution is -0.147. The lowest BCUT2D eigenvalue weighted by atomic mass is 9.95. The van der Waals surface area contributed by atoms with E-state index < -0.39 is 28.0 Å². The van der Waals surface area contributed by atoms with Gasteiger partial charge < -0.3 is 14.9 Å². The Morgan fingerprint density at radius 1 is 1.30 bits per heavy atom. The Labute approximate surface area is 135 Å². The number of carbonyl (C=O) groups is 1. The van der Waals surface area contributed by atoms with Crippen molar-refractivity contribution in [2.24, 2.45) is 5.92 Å². The largest absolute Gasteiger partial charge is 0.495 e. The molecule has 0 saturated carbocycles. The van der Waals surface area contributed by atoms with Crippen LogP contribution in [0.15, 0.2) is 17.0 Å². The van der Waals surface area contributed by atoms with Crippen molar-refractivity contribution in [1.82, 2.24) is 4.31 Å². The van der Waals surface area contributed by atoms with E-state index >= 15 is 0 Å². The molecule has 1 aliphatic rings. The van der Waals surface area contributed by atoms with E-state index in [2.05, 4.69) is 0 Å². The Balaban J connectivity index is 2.37. The van der Waals surface area contributed by atoms with Gasteiger partial charge in [-0.25, -0.2) is 8.42 Å². The maximum Gasteiger partial charge on any atom is 0.309 e. The predicted molar refractivity (Wildman–Crippen MR) is 83.0 cm³/mol. The summed E-state index contributed by atoms with van der Waals surface area (Å²) in [6, 6.07) is 3.20. The maximum atomic E-state index is 12.8. The second-order valence-corrected chi connectivity index (χ2v) is 7.66. The van der Waals surface area contributed by atoms with Gasteiger partial charge in [0.05, 0.1) is 19.1 Å². The summed E-state index contributed by atoms with van der Waals surface area (Å²) in [7, 11) is -2.47. The van der Waals surface area contributed by atoms with E-state index in [-0.39, 0.29) is 30.2 Å². The Morgan fingerprint density at radius 3 is 2.43 bits per heavy atom. The molecule has 0 amide bonds. The fraction of sp³-hybridized carbons (Fsp3) is 0.533. The van der Waals surface area contributed by atoms with Crippen LogP contribution >= 0.6 is 0 Å². The number of carboxylic acid groups (broad SMARTS) is 1. The van der Waals surface area contributed by atoms with Gasteiger partial charge in [-0.1, -0.05) is 0 Å². The Bertz CT molecular complexity index is 715. The summed E-state index contributed by atoms with van der Waals surface area (Å²) in [5, 5.41) is 18.9. The second kappa shape index (κ2) is 6.46. The van der Waals surface area contributed by atoms with Crippen molar-refractivity contribution >= 4 is 16.0 Å². The quantitative estimate of drug-likeness (QED) is 0.837. The molecule has 0 unspecified atom stereocenters. The van der Waals surface area contributed by atoms with Crippen LogP contribution in [0.1, 0.15) is 17.5 Å². The molecule has 1 aromatic rings. The van der Waals surface area contributed by atoms with Gasteiger partial charge in [-0.2, -0.15) is 4.31 Å². The van der Waals surface area contributed by atoms with Crippen molar-refractivity contribution in [2.45, 2.75) is 31.3 Å². The highest BCUT2D eigenvalue weighted by Crippen LogP contribution is 2.32. The first-order valence-corrected chi connectivity index (χ1v) is 8.68. The van der Waals surface area contributed by atoms with Crippen LogP contribution in [-0.2, 0) is 14.8 Å². The molecule has 2 N–H and O–H groups in total. The molecular weight excluding hydrogens is 322 g/mol. The molecule has 0 aliphatic carbocycles. The number of rotatable bonds is 4. The van der Waals surface area contributed by atoms with Gasteiger partial charge >= 0.3 is 5.97 Å². The van der Waals surface area contributed by atoms with E-state index in [4.69, 9.17) is 9.84 Å². The molecule has 23 heavy (non-hydrogen) atoms. The number of nitrogens with zero attached hydrogens (tertiary/aromatic N) is 1. The third kappa shape index (κ3) is 3.34. The number of aliphatic hydroxyl groups excluding tert-OH is 1. The van der Waals surface area contributed by atoms with Crippen LogP contribution in [0.3, 0.4) is 0 Å². The van der Waals surface area contributed by atoms with Crippen molar-refractivity contribution in [3.63, 3.8) is 0 Å². The Hall–Kier alpha value is -1.64. The topological polar surface area (TPSA) is 104 Å². The molecule has 2 atom stereocenters. The van der Waals surface area contributed by atoms with Crippen LogP contribution in [-0.4, -0.2) is 55.2 Å². The zero-order valence-corrected chi connectivity index (χ0v) is 14.1. The van der Waals surface area contributed by atoms with Gasteiger partial charge in [-0.3, -0.25) is 4.79 Å². The number of ether oxygens (including phenoxy) is 1. The molecule has 1 saturated heterocycles. The minimum Gasteiger partial charge on any atom is -0.495 e. The summed E-state index contributed by atoms with van der Waals surface area (Å²) < 4.78 is 32.0. The number of hydrogen-bond donors (Lipinski definition) is 2. The summed E-state index contributed by atoms with van der Waals surface area (Å²) >= 11 is 0. The molecule has 128 valence electrons. The summed E-state index contributed by atoms with van der Waals surface area (Å²) in [5.41, 5.74) is 1.72. The molecule has 1 aromatic carbocycles. The van der Waals surface area contributed by atoms with Crippen molar-refractivity contribution < 1.29 is 28.2 Å². The predicted octanol–water partition coefficient (Wildman–Crippen LogP) is 0.768. The second-order valence-electron chi connectivity index (χ2n) is 5.75. The minimum atomic E-state index is -3.87. The Morgan fingerprint density at radius 2 is 1.91 bits per heavy atom. The van der Waals surface area contributed by atoms with Gasteiger partial charge in [-0.15, -0.1) is 0 Å². The van der Waals surface area contributed by atoms with E-state index in [0.717, 1.165) is 15.4 Å². The number of carboxylic acids is 1. The number of β-amino-alcohol motifs (C(OH)–C–C–N with tert-alkyl or cyclic N) is 1. The zero-order valence-electron chi connectivity index (χ0n) is 13.3. The fourth-order valence-corrected chi connectivity index (χ4v) is 4.37. The van der Waals surface area contributed by atoms with Gasteiger partial charge in [0, 0.05) is 13.1 Å². The summed E-state index contributed by atoms with van der Waals surface area (Å²) in [5.74, 6) is -1.82. The van der Waals surface area contributed by atoms with Crippen LogP contribution in [0.4, 0.5) is 0 Å². The summed E-state index contributed by atoms with van der Waals surface area (Å²) in [6.45, 7) is 3.47. The Kier molecular flexibility index (Phi) is 4.98. The monoisotopic (exact) mass is 343 g/mol. The lowest BCUT2D eigenvalue weighted by Gasteiger charge is -2.33. The van der Waals surface area contributed by atoms with Crippen LogP contribution in [0.5, 0.6) is 5.75 Å². The minimum absolute atomic E-state index is 0.0316. The van der Waals surface area contributed by atoms with Crippen molar-refractivity contribution in [1.29, 1.82) is 0 Å². The third-order valence-corrected chi connectivity index (χ3v) is 6.15. The van der Waals surface area contributed by atoms with Gasteiger partial charge in [0.2, 0.25) is 10.0 Å². The average molecular weight is 343 g/mol. The number of hydrogen-bond acceptors (Lipinski definition) is 5. The highest BCUT2D eigenvalue weighted by molar-refractivity contribution is 7.89. The lowest BCUT2D eigenvalue weighted by Crippen LogP contribution is -2.48. The number of methoxy groups -OCH3 is 1. The van der Waals surface area contributed by atoms with Gasteiger partial charge in [-0.05, 0) is 43.5 Å². The maximum absolute atomic E-state index is 12.8. The molecule has 8 heteroatoms. The van der Waals surface area contributed by atoms with E-state index in [1.165, 1.54) is 7.11 Å². The van der Waals surface area contributed by atoms with E-state index in [0.29, 0.717) is 0 Å². The molecule has 1 heterocycles. The first-order valence-electron chi connectivity index (χ1n) is 7.24. The number of aliphatic hydroxyl groups is 1. The molecule has 0 spiro atoms. The SMILES string of the molecule is COc1cc(C)c(C)cc1S(=O)(=O)N1CC[C@H](C(=O)O)[C@H](O)C1. The van der Waals surface area contributed by atoms with Crippen molar-refractivity contribution in [2.75, 3.05) is 20.2 Å².